The van der Waals surface area contributed by atoms with Gasteiger partial charge in [0.2, 0.25) is 20.0 Å². The van der Waals surface area contributed by atoms with Gasteiger partial charge >= 0.3 is 0 Å². The number of halogens is 1. The van der Waals surface area contributed by atoms with E-state index in [1.807, 2.05) is 6.92 Å². The maximum atomic E-state index is 12.5. The SMILES string of the molecule is CCCCC(CN)NS(=O)(=O)c1cccc(S(=O)(=O)NC2CC2)c1.Cl. The number of hydrogen-bond donors (Lipinski definition) is 3. The molecule has 7 nitrogen and oxygen atoms in total. The second kappa shape index (κ2) is 9.29. The fraction of sp³-hybridized carbons (Fsp3) is 0.600. The minimum absolute atomic E-state index is 0. The van der Waals surface area contributed by atoms with Gasteiger partial charge < -0.3 is 5.73 Å². The number of sulfonamides is 2. The summed E-state index contributed by atoms with van der Waals surface area (Å²) in [6.45, 7) is 2.21. The monoisotopic (exact) mass is 411 g/mol. The van der Waals surface area contributed by atoms with E-state index in [0.717, 1.165) is 25.7 Å². The topological polar surface area (TPSA) is 118 Å². The molecular weight excluding hydrogens is 386 g/mol. The molecule has 25 heavy (non-hydrogen) atoms. The Balaban J connectivity index is 0.00000312. The van der Waals surface area contributed by atoms with E-state index >= 15 is 0 Å². The highest BCUT2D eigenvalue weighted by molar-refractivity contribution is 7.90. The van der Waals surface area contributed by atoms with Gasteiger partial charge in [0.15, 0.2) is 0 Å². The Morgan fingerprint density at radius 3 is 2.28 bits per heavy atom. The largest absolute Gasteiger partial charge is 0.329 e. The van der Waals surface area contributed by atoms with Gasteiger partial charge in [-0.3, -0.25) is 0 Å². The summed E-state index contributed by atoms with van der Waals surface area (Å²) in [6, 6.07) is 4.98. The van der Waals surface area contributed by atoms with E-state index in [0.29, 0.717) is 6.42 Å². The molecule has 10 heteroatoms. The van der Waals surface area contributed by atoms with Gasteiger partial charge in [0, 0.05) is 18.6 Å². The number of nitrogens with two attached hydrogens (primary N) is 1. The van der Waals surface area contributed by atoms with Crippen LogP contribution in [0.2, 0.25) is 0 Å². The van der Waals surface area contributed by atoms with E-state index in [1.165, 1.54) is 24.3 Å². The molecule has 2 rings (SSSR count). The highest BCUT2D eigenvalue weighted by Gasteiger charge is 2.29. The Kier molecular flexibility index (Phi) is 8.30. The van der Waals surface area contributed by atoms with Gasteiger partial charge in [0.1, 0.15) is 0 Å². The van der Waals surface area contributed by atoms with Crippen LogP contribution in [0.4, 0.5) is 0 Å². The van der Waals surface area contributed by atoms with Crippen LogP contribution in [0.25, 0.3) is 0 Å². The molecule has 1 aromatic carbocycles. The highest BCUT2D eigenvalue weighted by atomic mass is 35.5. The summed E-state index contributed by atoms with van der Waals surface area (Å²) in [5.41, 5.74) is 5.63. The summed E-state index contributed by atoms with van der Waals surface area (Å²) in [4.78, 5) is -0.119. The average Bonchev–Trinajstić information content (AvgIpc) is 3.34. The molecule has 1 aromatic rings. The minimum Gasteiger partial charge on any atom is -0.329 e. The van der Waals surface area contributed by atoms with E-state index < -0.39 is 20.0 Å². The lowest BCUT2D eigenvalue weighted by Gasteiger charge is -2.17. The highest BCUT2D eigenvalue weighted by Crippen LogP contribution is 2.23. The predicted molar refractivity (Wildman–Crippen MR) is 99.7 cm³/mol. The third-order valence-corrected chi connectivity index (χ3v) is 6.87. The van der Waals surface area contributed by atoms with Crippen molar-refractivity contribution in [3.8, 4) is 0 Å². The minimum atomic E-state index is -3.82. The van der Waals surface area contributed by atoms with Crippen LogP contribution >= 0.6 is 12.4 Å². The predicted octanol–water partition coefficient (Wildman–Crippen LogP) is 1.34. The summed E-state index contributed by atoms with van der Waals surface area (Å²) in [5.74, 6) is 0. The number of rotatable bonds is 10. The molecule has 0 saturated heterocycles. The van der Waals surface area contributed by atoms with E-state index in [2.05, 4.69) is 9.44 Å². The fourth-order valence-corrected chi connectivity index (χ4v) is 5.01. The first-order valence-electron chi connectivity index (χ1n) is 8.13. The van der Waals surface area contributed by atoms with Crippen molar-refractivity contribution >= 4 is 32.5 Å². The van der Waals surface area contributed by atoms with Crippen molar-refractivity contribution in [2.75, 3.05) is 6.54 Å². The Hall–Kier alpha value is -0.710. The summed E-state index contributed by atoms with van der Waals surface area (Å²) < 4.78 is 54.6. The van der Waals surface area contributed by atoms with Crippen LogP contribution in [0, 0.1) is 0 Å². The quantitative estimate of drug-likeness (QED) is 0.537. The molecule has 0 aromatic heterocycles. The summed E-state index contributed by atoms with van der Waals surface area (Å²) in [6.07, 6.45) is 4.08. The van der Waals surface area contributed by atoms with Crippen LogP contribution in [-0.2, 0) is 20.0 Å². The molecule has 1 aliphatic rings. The number of benzene rings is 1. The van der Waals surface area contributed by atoms with Gasteiger partial charge in [-0.15, -0.1) is 12.4 Å². The molecule has 0 aliphatic heterocycles. The molecule has 4 N–H and O–H groups in total. The third kappa shape index (κ3) is 6.50. The average molecular weight is 412 g/mol. The summed E-state index contributed by atoms with van der Waals surface area (Å²) >= 11 is 0. The van der Waals surface area contributed by atoms with Crippen LogP contribution in [0.15, 0.2) is 34.1 Å². The Labute approximate surface area is 156 Å². The first-order valence-corrected chi connectivity index (χ1v) is 11.1. The van der Waals surface area contributed by atoms with Gasteiger partial charge in [0.25, 0.3) is 0 Å². The lowest BCUT2D eigenvalue weighted by atomic mass is 10.1. The number of unbranched alkanes of at least 4 members (excludes halogenated alkanes) is 1. The Morgan fingerprint density at radius 1 is 1.16 bits per heavy atom. The summed E-state index contributed by atoms with van der Waals surface area (Å²) in [7, 11) is -7.51. The van der Waals surface area contributed by atoms with Gasteiger partial charge in [-0.05, 0) is 37.5 Å². The molecule has 0 radical (unpaired) electrons. The fourth-order valence-electron chi connectivity index (χ4n) is 2.26. The molecule has 144 valence electrons. The smallest absolute Gasteiger partial charge is 0.240 e. The molecule has 1 unspecified atom stereocenters. The van der Waals surface area contributed by atoms with Gasteiger partial charge in [-0.2, -0.15) is 0 Å². The zero-order valence-corrected chi connectivity index (χ0v) is 16.6. The molecule has 1 fully saturated rings. The maximum absolute atomic E-state index is 12.5. The van der Waals surface area contributed by atoms with Crippen molar-refractivity contribution < 1.29 is 16.8 Å². The van der Waals surface area contributed by atoms with Crippen LogP contribution in [-0.4, -0.2) is 35.5 Å². The van der Waals surface area contributed by atoms with Crippen molar-refractivity contribution in [3.05, 3.63) is 24.3 Å². The van der Waals surface area contributed by atoms with Crippen molar-refractivity contribution in [1.29, 1.82) is 0 Å². The molecule has 0 heterocycles. The zero-order chi connectivity index (χ0) is 17.8. The van der Waals surface area contributed by atoms with E-state index in [9.17, 15) is 16.8 Å². The van der Waals surface area contributed by atoms with Crippen molar-refractivity contribution in [1.82, 2.24) is 9.44 Å². The maximum Gasteiger partial charge on any atom is 0.240 e. The molecule has 0 spiro atoms. The van der Waals surface area contributed by atoms with E-state index in [-0.39, 0.29) is 40.8 Å². The van der Waals surface area contributed by atoms with Crippen molar-refractivity contribution in [3.63, 3.8) is 0 Å². The standard InChI is InChI=1S/C15H25N3O4S2.ClH/c1-2-3-5-13(11-16)18-24(21,22)15-7-4-6-14(10-15)23(19,20)17-12-8-9-12;/h4,6-7,10,12-13,17-18H,2-3,5,8-9,11,16H2,1H3;1H. The lowest BCUT2D eigenvalue weighted by molar-refractivity contribution is 0.516. The number of hydrogen-bond acceptors (Lipinski definition) is 5. The van der Waals surface area contributed by atoms with E-state index in [1.54, 1.807) is 0 Å². The Bertz CT molecular complexity index is 765. The molecule has 0 bridgehead atoms. The molecular formula is C15H26ClN3O4S2. The normalized spacial score (nSPS) is 16.2. The van der Waals surface area contributed by atoms with E-state index in [4.69, 9.17) is 5.73 Å². The first kappa shape index (κ1) is 22.3. The van der Waals surface area contributed by atoms with Crippen LogP contribution in [0.3, 0.4) is 0 Å². The summed E-state index contributed by atoms with van der Waals surface area (Å²) in [5, 5.41) is 0. The molecule has 1 saturated carbocycles. The zero-order valence-electron chi connectivity index (χ0n) is 14.1. The molecule has 0 amide bonds. The lowest BCUT2D eigenvalue weighted by Crippen LogP contribution is -2.40. The van der Waals surface area contributed by atoms with Crippen molar-refractivity contribution in [2.45, 2.75) is 60.9 Å². The van der Waals surface area contributed by atoms with Crippen LogP contribution in [0.1, 0.15) is 39.0 Å². The Morgan fingerprint density at radius 2 is 1.76 bits per heavy atom. The molecule has 1 atom stereocenters. The number of nitrogens with one attached hydrogen (secondary N) is 2. The third-order valence-electron chi connectivity index (χ3n) is 3.84. The van der Waals surface area contributed by atoms with Crippen LogP contribution < -0.4 is 15.2 Å². The first-order chi connectivity index (χ1) is 11.3. The van der Waals surface area contributed by atoms with Gasteiger partial charge in [-0.25, -0.2) is 26.3 Å². The van der Waals surface area contributed by atoms with Crippen LogP contribution in [0.5, 0.6) is 0 Å². The van der Waals surface area contributed by atoms with Gasteiger partial charge in [-0.1, -0.05) is 25.8 Å². The van der Waals surface area contributed by atoms with Crippen molar-refractivity contribution in [2.24, 2.45) is 5.73 Å². The second-order valence-electron chi connectivity index (χ2n) is 6.07. The second-order valence-corrected chi connectivity index (χ2v) is 9.49. The van der Waals surface area contributed by atoms with Gasteiger partial charge in [0.05, 0.1) is 9.79 Å². The molecule has 1 aliphatic carbocycles.